The smallest absolute Gasteiger partial charge is 0.335 e. The van der Waals surface area contributed by atoms with Gasteiger partial charge in [0.15, 0.2) is 0 Å². The van der Waals surface area contributed by atoms with E-state index in [1.54, 1.807) is 12.1 Å². The molecule has 0 radical (unpaired) electrons. The first-order valence-corrected chi connectivity index (χ1v) is 9.19. The summed E-state index contributed by atoms with van der Waals surface area (Å²) in [6.07, 6.45) is 0.972. The fourth-order valence-electron chi connectivity index (χ4n) is 3.15. The highest BCUT2D eigenvalue weighted by Crippen LogP contribution is 2.26. The van der Waals surface area contributed by atoms with Crippen LogP contribution in [0, 0.1) is 11.6 Å². The molecule has 1 aliphatic heterocycles. The first kappa shape index (κ1) is 18.1. The summed E-state index contributed by atoms with van der Waals surface area (Å²) in [5.41, 5.74) is 1.57. The number of ether oxygens (including phenoxy) is 1. The van der Waals surface area contributed by atoms with Gasteiger partial charge in [-0.2, -0.15) is 0 Å². The molecule has 0 unspecified atom stereocenters. The van der Waals surface area contributed by atoms with E-state index in [2.05, 4.69) is 20.9 Å². The van der Waals surface area contributed by atoms with E-state index in [0.29, 0.717) is 30.0 Å². The molecule has 1 aromatic heterocycles. The van der Waals surface area contributed by atoms with E-state index in [1.165, 1.54) is 6.07 Å². The molecule has 1 atom stereocenters. The molecule has 0 bridgehead atoms. The summed E-state index contributed by atoms with van der Waals surface area (Å²) in [6.45, 7) is 1.16. The van der Waals surface area contributed by atoms with Crippen molar-refractivity contribution < 1.29 is 23.4 Å². The molecule has 0 spiro atoms. The van der Waals surface area contributed by atoms with E-state index in [-0.39, 0.29) is 28.1 Å². The highest BCUT2D eigenvalue weighted by molar-refractivity contribution is 9.10. The number of rotatable bonds is 5. The van der Waals surface area contributed by atoms with E-state index < -0.39 is 17.6 Å². The van der Waals surface area contributed by atoms with Gasteiger partial charge < -0.3 is 14.4 Å². The van der Waals surface area contributed by atoms with Gasteiger partial charge in [0, 0.05) is 13.0 Å². The maximum atomic E-state index is 14.3. The van der Waals surface area contributed by atoms with E-state index in [9.17, 15) is 18.7 Å². The Morgan fingerprint density at radius 1 is 1.30 bits per heavy atom. The third-order valence-corrected chi connectivity index (χ3v) is 5.30. The van der Waals surface area contributed by atoms with E-state index in [0.717, 1.165) is 18.6 Å². The highest BCUT2D eigenvalue weighted by atomic mass is 79.9. The summed E-state index contributed by atoms with van der Waals surface area (Å²) in [5, 5.41) is 9.26. The molecule has 1 fully saturated rings. The third-order valence-electron chi connectivity index (χ3n) is 4.69. The zero-order valence-electron chi connectivity index (χ0n) is 14.1. The summed E-state index contributed by atoms with van der Waals surface area (Å²) in [6, 6.07) is 6.89. The average molecular weight is 437 g/mol. The van der Waals surface area contributed by atoms with E-state index in [1.807, 2.05) is 4.57 Å². The van der Waals surface area contributed by atoms with Crippen molar-refractivity contribution >= 4 is 32.9 Å². The van der Waals surface area contributed by atoms with Crippen molar-refractivity contribution in [3.05, 3.63) is 63.4 Å². The molecule has 3 aromatic rings. The van der Waals surface area contributed by atoms with Gasteiger partial charge >= 0.3 is 5.97 Å². The lowest BCUT2D eigenvalue weighted by atomic mass is 10.1. The van der Waals surface area contributed by atoms with Gasteiger partial charge in [-0.25, -0.2) is 18.6 Å². The highest BCUT2D eigenvalue weighted by Gasteiger charge is 2.23. The van der Waals surface area contributed by atoms with Crippen LogP contribution in [0.15, 0.2) is 34.8 Å². The second kappa shape index (κ2) is 7.01. The number of carboxylic acid groups (broad SMARTS) is 1. The molecular formula is C19H15BrF2N2O3. The number of fused-ring (bicyclic) bond motifs is 1. The number of carboxylic acids is 1. The van der Waals surface area contributed by atoms with Crippen molar-refractivity contribution in [2.45, 2.75) is 25.5 Å². The number of nitrogens with zero attached hydrogens (tertiary/aromatic N) is 2. The topological polar surface area (TPSA) is 64.3 Å². The Morgan fingerprint density at radius 3 is 2.74 bits per heavy atom. The van der Waals surface area contributed by atoms with Crippen LogP contribution >= 0.6 is 15.9 Å². The minimum Gasteiger partial charge on any atom is -0.478 e. The number of carbonyl (C=O) groups is 1. The van der Waals surface area contributed by atoms with Crippen LogP contribution in [0.25, 0.3) is 11.0 Å². The van der Waals surface area contributed by atoms with Crippen molar-refractivity contribution in [2.75, 3.05) is 6.61 Å². The van der Waals surface area contributed by atoms with E-state index in [4.69, 9.17) is 4.74 Å². The Balaban J connectivity index is 1.79. The maximum absolute atomic E-state index is 14.3. The minimum absolute atomic E-state index is 0.00105. The predicted octanol–water partition coefficient (Wildman–Crippen LogP) is 4.15. The Bertz CT molecular complexity index is 1050. The van der Waals surface area contributed by atoms with Gasteiger partial charge in [0.05, 0.1) is 33.7 Å². The molecule has 2 heterocycles. The first-order chi connectivity index (χ1) is 12.9. The Morgan fingerprint density at radius 2 is 2.07 bits per heavy atom. The Hall–Kier alpha value is -2.32. The normalized spacial score (nSPS) is 16.5. The molecule has 5 nitrogen and oxygen atoms in total. The van der Waals surface area contributed by atoms with Crippen LogP contribution in [0.3, 0.4) is 0 Å². The molecule has 1 saturated heterocycles. The summed E-state index contributed by atoms with van der Waals surface area (Å²) in [5.74, 6) is -1.59. The van der Waals surface area contributed by atoms with Gasteiger partial charge in [-0.15, -0.1) is 0 Å². The molecule has 4 rings (SSSR count). The molecule has 1 N–H and O–H groups in total. The molecular weight excluding hydrogens is 422 g/mol. The molecule has 0 saturated carbocycles. The standard InChI is InChI=1S/C19H15BrF2N2O3/c20-13-8-14(21)11(5-15(13)22)7-18-23-16-2-1-10(19(25)26)6-17(16)24(18)9-12-3-4-27-12/h1-2,5-6,8,12H,3-4,7,9H2,(H,25,26)/t12-/m0/s1. The number of imidazole rings is 1. The Kier molecular flexibility index (Phi) is 4.69. The molecule has 140 valence electrons. The lowest BCUT2D eigenvalue weighted by molar-refractivity contribution is -0.0589. The minimum atomic E-state index is -1.04. The maximum Gasteiger partial charge on any atom is 0.335 e. The summed E-state index contributed by atoms with van der Waals surface area (Å²) >= 11 is 2.97. The Labute approximate surface area is 161 Å². The third kappa shape index (κ3) is 3.46. The van der Waals surface area contributed by atoms with Crippen molar-refractivity contribution in [1.29, 1.82) is 0 Å². The van der Waals surface area contributed by atoms with Crippen LogP contribution < -0.4 is 0 Å². The number of halogens is 3. The largest absolute Gasteiger partial charge is 0.478 e. The predicted molar refractivity (Wildman–Crippen MR) is 97.9 cm³/mol. The van der Waals surface area contributed by atoms with Crippen LogP contribution in [0.2, 0.25) is 0 Å². The number of hydrogen-bond acceptors (Lipinski definition) is 3. The number of benzene rings is 2. The summed E-state index contributed by atoms with van der Waals surface area (Å²) in [4.78, 5) is 15.8. The molecule has 1 aliphatic rings. The zero-order valence-corrected chi connectivity index (χ0v) is 15.7. The van der Waals surface area contributed by atoms with Crippen molar-refractivity contribution in [1.82, 2.24) is 9.55 Å². The van der Waals surface area contributed by atoms with Gasteiger partial charge in [0.2, 0.25) is 0 Å². The number of aromatic carboxylic acids is 1. The molecule has 0 amide bonds. The zero-order chi connectivity index (χ0) is 19.1. The fraction of sp³-hybridized carbons (Fsp3) is 0.263. The fourth-order valence-corrected chi connectivity index (χ4v) is 3.46. The van der Waals surface area contributed by atoms with Crippen LogP contribution in [0.5, 0.6) is 0 Å². The monoisotopic (exact) mass is 436 g/mol. The molecule has 8 heteroatoms. The number of hydrogen-bond donors (Lipinski definition) is 1. The van der Waals surface area contributed by atoms with Crippen molar-refractivity contribution in [3.63, 3.8) is 0 Å². The van der Waals surface area contributed by atoms with Crippen LogP contribution in [0.1, 0.15) is 28.2 Å². The lowest BCUT2D eigenvalue weighted by Gasteiger charge is -2.27. The van der Waals surface area contributed by atoms with Crippen LogP contribution in [0.4, 0.5) is 8.78 Å². The van der Waals surface area contributed by atoms with Crippen LogP contribution in [-0.4, -0.2) is 33.3 Å². The average Bonchev–Trinajstić information content (AvgIpc) is 2.92. The SMILES string of the molecule is O=C(O)c1ccc2nc(Cc3cc(F)c(Br)cc3F)n(C[C@@H]3CCO3)c2c1. The number of aromatic nitrogens is 2. The lowest BCUT2D eigenvalue weighted by Crippen LogP contribution is -2.31. The summed E-state index contributed by atoms with van der Waals surface area (Å²) < 4.78 is 35.5. The second-order valence-corrected chi connectivity index (χ2v) is 7.32. The second-order valence-electron chi connectivity index (χ2n) is 6.46. The molecule has 2 aromatic carbocycles. The van der Waals surface area contributed by atoms with Gasteiger partial charge in [-0.05, 0) is 58.2 Å². The van der Waals surface area contributed by atoms with Crippen molar-refractivity contribution in [2.24, 2.45) is 0 Å². The summed E-state index contributed by atoms with van der Waals surface area (Å²) in [7, 11) is 0. The quantitative estimate of drug-likeness (QED) is 0.610. The van der Waals surface area contributed by atoms with Gasteiger partial charge in [0.1, 0.15) is 17.5 Å². The van der Waals surface area contributed by atoms with E-state index >= 15 is 0 Å². The van der Waals surface area contributed by atoms with Gasteiger partial charge in [-0.3, -0.25) is 0 Å². The first-order valence-electron chi connectivity index (χ1n) is 8.40. The van der Waals surface area contributed by atoms with Gasteiger partial charge in [-0.1, -0.05) is 0 Å². The molecule has 0 aliphatic carbocycles. The van der Waals surface area contributed by atoms with Crippen LogP contribution in [-0.2, 0) is 17.7 Å². The van der Waals surface area contributed by atoms with Gasteiger partial charge in [0.25, 0.3) is 0 Å². The van der Waals surface area contributed by atoms with Crippen molar-refractivity contribution in [3.8, 4) is 0 Å². The molecule has 27 heavy (non-hydrogen) atoms.